The maximum Gasteiger partial charge on any atom is 0.162 e. The standard InChI is InChI=1S/C17H14ClFN2O3/c1-23-16-5-9-12(3-4-20-13(9)8-17(16)24-2)21-14-7-15(22)10(18)6-11(14)19/h3-8,22H,1-2H3,(H,20,21). The van der Waals surface area contributed by atoms with Crippen molar-refractivity contribution < 1.29 is 19.0 Å². The average molecular weight is 349 g/mol. The van der Waals surface area contributed by atoms with Crippen LogP contribution in [-0.2, 0) is 0 Å². The van der Waals surface area contributed by atoms with Crippen LogP contribution in [0.25, 0.3) is 10.9 Å². The van der Waals surface area contributed by atoms with E-state index in [2.05, 4.69) is 10.3 Å². The number of methoxy groups -OCH3 is 2. The molecule has 0 fully saturated rings. The van der Waals surface area contributed by atoms with Crippen molar-refractivity contribution in [1.29, 1.82) is 0 Å². The summed E-state index contributed by atoms with van der Waals surface area (Å²) in [5.74, 6) is 0.284. The minimum Gasteiger partial charge on any atom is -0.506 e. The molecule has 0 aliphatic heterocycles. The first-order valence-electron chi connectivity index (χ1n) is 6.99. The lowest BCUT2D eigenvalue weighted by Gasteiger charge is -2.13. The van der Waals surface area contributed by atoms with Gasteiger partial charge in [-0.15, -0.1) is 0 Å². The van der Waals surface area contributed by atoms with Crippen molar-refractivity contribution in [3.63, 3.8) is 0 Å². The Bertz CT molecular complexity index is 918. The molecule has 0 amide bonds. The molecule has 3 aromatic rings. The van der Waals surface area contributed by atoms with E-state index in [1.807, 2.05) is 0 Å². The van der Waals surface area contributed by atoms with Crippen LogP contribution in [0.5, 0.6) is 17.2 Å². The zero-order valence-corrected chi connectivity index (χ0v) is 13.7. The molecule has 2 N–H and O–H groups in total. The first kappa shape index (κ1) is 16.1. The molecule has 1 aromatic heterocycles. The molecule has 0 unspecified atom stereocenters. The second-order valence-electron chi connectivity index (χ2n) is 4.99. The smallest absolute Gasteiger partial charge is 0.162 e. The first-order valence-corrected chi connectivity index (χ1v) is 7.37. The van der Waals surface area contributed by atoms with Gasteiger partial charge in [-0.2, -0.15) is 0 Å². The summed E-state index contributed by atoms with van der Waals surface area (Å²) in [5.41, 5.74) is 1.34. The Kier molecular flexibility index (Phi) is 4.31. The summed E-state index contributed by atoms with van der Waals surface area (Å²) in [6.45, 7) is 0. The van der Waals surface area contributed by atoms with E-state index in [9.17, 15) is 9.50 Å². The fourth-order valence-corrected chi connectivity index (χ4v) is 2.51. The summed E-state index contributed by atoms with van der Waals surface area (Å²) < 4.78 is 24.6. The third-order valence-corrected chi connectivity index (χ3v) is 3.86. The van der Waals surface area contributed by atoms with Gasteiger partial charge in [0.05, 0.1) is 30.4 Å². The van der Waals surface area contributed by atoms with Gasteiger partial charge in [0.15, 0.2) is 11.5 Å². The average Bonchev–Trinajstić information content (AvgIpc) is 2.58. The molecule has 24 heavy (non-hydrogen) atoms. The Labute approximate surface area is 142 Å². The molecule has 7 heteroatoms. The van der Waals surface area contributed by atoms with Gasteiger partial charge in [0, 0.05) is 29.4 Å². The van der Waals surface area contributed by atoms with E-state index >= 15 is 0 Å². The second-order valence-corrected chi connectivity index (χ2v) is 5.40. The molecule has 0 aliphatic carbocycles. The van der Waals surface area contributed by atoms with Gasteiger partial charge in [0.2, 0.25) is 0 Å². The summed E-state index contributed by atoms with van der Waals surface area (Å²) in [4.78, 5) is 4.28. The monoisotopic (exact) mass is 348 g/mol. The molecule has 0 bridgehead atoms. The summed E-state index contributed by atoms with van der Waals surface area (Å²) in [6, 6.07) is 7.45. The molecule has 0 saturated carbocycles. The highest BCUT2D eigenvalue weighted by atomic mass is 35.5. The maximum atomic E-state index is 14.1. The molecular formula is C17H14ClFN2O3. The van der Waals surface area contributed by atoms with Crippen molar-refractivity contribution in [1.82, 2.24) is 4.98 Å². The minimum atomic E-state index is -0.580. The summed E-state index contributed by atoms with van der Waals surface area (Å²) >= 11 is 5.70. The van der Waals surface area contributed by atoms with Gasteiger partial charge in [0.25, 0.3) is 0 Å². The van der Waals surface area contributed by atoms with Crippen LogP contribution in [0.1, 0.15) is 0 Å². The third-order valence-electron chi connectivity index (χ3n) is 3.55. The van der Waals surface area contributed by atoms with Crippen molar-refractivity contribution in [2.24, 2.45) is 0 Å². The first-order chi connectivity index (χ1) is 11.5. The number of aromatic hydroxyl groups is 1. The van der Waals surface area contributed by atoms with Crippen molar-refractivity contribution >= 4 is 33.9 Å². The highest BCUT2D eigenvalue weighted by Crippen LogP contribution is 2.37. The van der Waals surface area contributed by atoms with Crippen LogP contribution in [0.3, 0.4) is 0 Å². The SMILES string of the molecule is COc1cc2nccc(Nc3cc(O)c(Cl)cc3F)c2cc1OC. The molecule has 0 aliphatic rings. The van der Waals surface area contributed by atoms with E-state index in [0.29, 0.717) is 28.1 Å². The van der Waals surface area contributed by atoms with Crippen LogP contribution in [0.4, 0.5) is 15.8 Å². The Morgan fingerprint density at radius 1 is 1.08 bits per heavy atom. The van der Waals surface area contributed by atoms with Crippen LogP contribution >= 0.6 is 11.6 Å². The number of aromatic nitrogens is 1. The van der Waals surface area contributed by atoms with Gasteiger partial charge in [-0.1, -0.05) is 11.6 Å². The maximum absolute atomic E-state index is 14.1. The van der Waals surface area contributed by atoms with E-state index in [1.54, 1.807) is 24.4 Å². The van der Waals surface area contributed by atoms with Crippen molar-refractivity contribution in [3.8, 4) is 17.2 Å². The van der Waals surface area contributed by atoms with E-state index in [-0.39, 0.29) is 16.5 Å². The largest absolute Gasteiger partial charge is 0.506 e. The molecule has 0 atom stereocenters. The second kappa shape index (κ2) is 6.41. The van der Waals surface area contributed by atoms with Gasteiger partial charge in [-0.25, -0.2) is 4.39 Å². The predicted molar refractivity (Wildman–Crippen MR) is 91.2 cm³/mol. The van der Waals surface area contributed by atoms with E-state index in [1.165, 1.54) is 20.3 Å². The van der Waals surface area contributed by atoms with Gasteiger partial charge in [0.1, 0.15) is 11.6 Å². The summed E-state index contributed by atoms with van der Waals surface area (Å²) in [5, 5.41) is 13.3. The molecule has 0 radical (unpaired) electrons. The molecule has 1 heterocycles. The third kappa shape index (κ3) is 2.88. The number of nitrogens with zero attached hydrogens (tertiary/aromatic N) is 1. The zero-order valence-electron chi connectivity index (χ0n) is 12.9. The Morgan fingerprint density at radius 3 is 2.50 bits per heavy atom. The molecular weight excluding hydrogens is 335 g/mol. The van der Waals surface area contributed by atoms with Crippen LogP contribution in [0, 0.1) is 5.82 Å². The number of fused-ring (bicyclic) bond motifs is 1. The quantitative estimate of drug-likeness (QED) is 0.727. The number of nitrogens with one attached hydrogen (secondary N) is 1. The normalized spacial score (nSPS) is 10.7. The molecule has 0 saturated heterocycles. The van der Waals surface area contributed by atoms with Crippen LogP contribution in [-0.4, -0.2) is 24.3 Å². The molecule has 0 spiro atoms. The number of pyridine rings is 1. The van der Waals surface area contributed by atoms with Gasteiger partial charge < -0.3 is 19.9 Å². The molecule has 5 nitrogen and oxygen atoms in total. The number of benzene rings is 2. The summed E-state index contributed by atoms with van der Waals surface area (Å²) in [6.07, 6.45) is 1.59. The summed E-state index contributed by atoms with van der Waals surface area (Å²) in [7, 11) is 3.07. The van der Waals surface area contributed by atoms with Crippen LogP contribution in [0.2, 0.25) is 5.02 Å². The van der Waals surface area contributed by atoms with Crippen LogP contribution < -0.4 is 14.8 Å². The van der Waals surface area contributed by atoms with Gasteiger partial charge in [-0.3, -0.25) is 4.98 Å². The van der Waals surface area contributed by atoms with Crippen LogP contribution in [0.15, 0.2) is 36.5 Å². The van der Waals surface area contributed by atoms with E-state index in [4.69, 9.17) is 21.1 Å². The molecule has 2 aromatic carbocycles. The topological polar surface area (TPSA) is 63.6 Å². The van der Waals surface area contributed by atoms with E-state index < -0.39 is 5.82 Å². The highest BCUT2D eigenvalue weighted by Gasteiger charge is 2.13. The fourth-order valence-electron chi connectivity index (χ4n) is 2.36. The number of ether oxygens (including phenoxy) is 2. The lowest BCUT2D eigenvalue weighted by atomic mass is 10.1. The number of hydrogen-bond acceptors (Lipinski definition) is 5. The van der Waals surface area contributed by atoms with Crippen molar-refractivity contribution in [3.05, 3.63) is 47.4 Å². The highest BCUT2D eigenvalue weighted by molar-refractivity contribution is 6.32. The Morgan fingerprint density at radius 2 is 1.79 bits per heavy atom. The lowest BCUT2D eigenvalue weighted by molar-refractivity contribution is 0.356. The predicted octanol–water partition coefficient (Wildman–Crippen LogP) is 4.49. The van der Waals surface area contributed by atoms with Crippen molar-refractivity contribution in [2.45, 2.75) is 0 Å². The number of hydrogen-bond donors (Lipinski definition) is 2. The Balaban J connectivity index is 2.11. The van der Waals surface area contributed by atoms with E-state index in [0.717, 1.165) is 6.07 Å². The minimum absolute atomic E-state index is 0.0518. The number of phenols is 1. The Hall–Kier alpha value is -2.73. The van der Waals surface area contributed by atoms with Crippen molar-refractivity contribution in [2.75, 3.05) is 19.5 Å². The number of anilines is 2. The number of halogens is 2. The zero-order chi connectivity index (χ0) is 17.3. The fraction of sp³-hybridized carbons (Fsp3) is 0.118. The number of rotatable bonds is 4. The van der Waals surface area contributed by atoms with Gasteiger partial charge >= 0.3 is 0 Å². The number of phenolic OH excluding ortho intramolecular Hbond substituents is 1. The molecule has 124 valence electrons. The lowest BCUT2D eigenvalue weighted by Crippen LogP contribution is -1.97. The van der Waals surface area contributed by atoms with Gasteiger partial charge in [-0.05, 0) is 18.2 Å². The molecule has 3 rings (SSSR count).